The number of nitrogens with zero attached hydrogens (tertiary/aromatic N) is 2. The molecule has 100 valence electrons. The van der Waals surface area contributed by atoms with Gasteiger partial charge in [-0.1, -0.05) is 0 Å². The van der Waals surface area contributed by atoms with Crippen LogP contribution >= 0.6 is 0 Å². The molecule has 6 heteroatoms. The van der Waals surface area contributed by atoms with E-state index < -0.39 is 6.10 Å². The SMILES string of the molecule is CCn1nc(C)c(NC(=O)[C@H]2CNCCO2)c1C. The van der Waals surface area contributed by atoms with Crippen LogP contribution in [-0.2, 0) is 16.1 Å². The van der Waals surface area contributed by atoms with Crippen LogP contribution < -0.4 is 10.6 Å². The molecule has 1 fully saturated rings. The van der Waals surface area contributed by atoms with E-state index in [2.05, 4.69) is 15.7 Å². The van der Waals surface area contributed by atoms with Crippen molar-refractivity contribution < 1.29 is 9.53 Å². The van der Waals surface area contributed by atoms with E-state index in [1.807, 2.05) is 25.5 Å². The van der Waals surface area contributed by atoms with Gasteiger partial charge >= 0.3 is 0 Å². The second-order valence-corrected chi connectivity index (χ2v) is 4.41. The van der Waals surface area contributed by atoms with E-state index in [0.29, 0.717) is 13.2 Å². The summed E-state index contributed by atoms with van der Waals surface area (Å²) >= 11 is 0. The van der Waals surface area contributed by atoms with Gasteiger partial charge in [0.2, 0.25) is 0 Å². The summed E-state index contributed by atoms with van der Waals surface area (Å²) in [5.41, 5.74) is 2.62. The Morgan fingerprint density at radius 3 is 2.94 bits per heavy atom. The monoisotopic (exact) mass is 252 g/mol. The van der Waals surface area contributed by atoms with E-state index in [-0.39, 0.29) is 5.91 Å². The molecule has 0 spiro atoms. The number of anilines is 1. The molecule has 1 aromatic rings. The highest BCUT2D eigenvalue weighted by molar-refractivity contribution is 5.95. The van der Waals surface area contributed by atoms with E-state index in [0.717, 1.165) is 30.2 Å². The van der Waals surface area contributed by atoms with Gasteiger partial charge in [-0.3, -0.25) is 9.48 Å². The maximum atomic E-state index is 12.1. The Kier molecular flexibility index (Phi) is 3.98. The highest BCUT2D eigenvalue weighted by atomic mass is 16.5. The van der Waals surface area contributed by atoms with Crippen LogP contribution in [0.1, 0.15) is 18.3 Å². The van der Waals surface area contributed by atoms with Gasteiger partial charge in [-0.15, -0.1) is 0 Å². The number of aryl methyl sites for hydroxylation is 2. The number of morpholine rings is 1. The second kappa shape index (κ2) is 5.49. The topological polar surface area (TPSA) is 68.2 Å². The second-order valence-electron chi connectivity index (χ2n) is 4.41. The number of carbonyl (C=O) groups excluding carboxylic acids is 1. The minimum atomic E-state index is -0.414. The van der Waals surface area contributed by atoms with Gasteiger partial charge in [-0.05, 0) is 20.8 Å². The van der Waals surface area contributed by atoms with E-state index in [1.54, 1.807) is 0 Å². The average Bonchev–Trinajstić information content (AvgIpc) is 2.67. The lowest BCUT2D eigenvalue weighted by Gasteiger charge is -2.22. The first-order valence-corrected chi connectivity index (χ1v) is 6.30. The highest BCUT2D eigenvalue weighted by Gasteiger charge is 2.23. The lowest BCUT2D eigenvalue weighted by atomic mass is 10.2. The molecule has 0 aliphatic carbocycles. The Bertz CT molecular complexity index is 436. The van der Waals surface area contributed by atoms with Crippen molar-refractivity contribution in [3.63, 3.8) is 0 Å². The zero-order valence-corrected chi connectivity index (χ0v) is 11.1. The predicted molar refractivity (Wildman–Crippen MR) is 68.6 cm³/mol. The van der Waals surface area contributed by atoms with Crippen molar-refractivity contribution in [2.75, 3.05) is 25.0 Å². The standard InChI is InChI=1S/C12H20N4O2/c1-4-16-9(3)11(8(2)15-16)14-12(17)10-7-13-5-6-18-10/h10,13H,4-7H2,1-3H3,(H,14,17)/t10-/m1/s1. The van der Waals surface area contributed by atoms with E-state index in [1.165, 1.54) is 0 Å². The summed E-state index contributed by atoms with van der Waals surface area (Å²) in [5.74, 6) is -0.107. The summed E-state index contributed by atoms with van der Waals surface area (Å²) in [6, 6.07) is 0. The quantitative estimate of drug-likeness (QED) is 0.819. The molecule has 18 heavy (non-hydrogen) atoms. The first-order chi connectivity index (χ1) is 8.63. The normalized spacial score (nSPS) is 19.8. The number of hydrogen-bond acceptors (Lipinski definition) is 4. The first-order valence-electron chi connectivity index (χ1n) is 6.30. The van der Waals surface area contributed by atoms with Crippen LogP contribution in [0.25, 0.3) is 0 Å². The number of amides is 1. The van der Waals surface area contributed by atoms with Crippen LogP contribution in [0, 0.1) is 13.8 Å². The van der Waals surface area contributed by atoms with Gasteiger partial charge in [0, 0.05) is 19.6 Å². The number of aromatic nitrogens is 2. The maximum absolute atomic E-state index is 12.1. The molecule has 0 radical (unpaired) electrons. The summed E-state index contributed by atoms with van der Waals surface area (Å²) in [5, 5.41) is 10.4. The Hall–Kier alpha value is -1.40. The van der Waals surface area contributed by atoms with Crippen molar-refractivity contribution in [3.8, 4) is 0 Å². The van der Waals surface area contributed by atoms with Gasteiger partial charge in [-0.2, -0.15) is 5.10 Å². The van der Waals surface area contributed by atoms with Gasteiger partial charge in [0.25, 0.3) is 5.91 Å². The largest absolute Gasteiger partial charge is 0.366 e. The Morgan fingerprint density at radius 1 is 1.61 bits per heavy atom. The fraction of sp³-hybridized carbons (Fsp3) is 0.667. The minimum Gasteiger partial charge on any atom is -0.366 e. The van der Waals surface area contributed by atoms with Gasteiger partial charge in [0.15, 0.2) is 0 Å². The summed E-state index contributed by atoms with van der Waals surface area (Å²) < 4.78 is 7.30. The van der Waals surface area contributed by atoms with Crippen LogP contribution in [0.5, 0.6) is 0 Å². The number of ether oxygens (including phenoxy) is 1. The van der Waals surface area contributed by atoms with E-state index >= 15 is 0 Å². The van der Waals surface area contributed by atoms with Crippen LogP contribution in [0.15, 0.2) is 0 Å². The Morgan fingerprint density at radius 2 is 2.39 bits per heavy atom. The summed E-state index contributed by atoms with van der Waals surface area (Å²) in [6.45, 7) is 8.61. The van der Waals surface area contributed by atoms with Gasteiger partial charge < -0.3 is 15.4 Å². The van der Waals surface area contributed by atoms with E-state index in [4.69, 9.17) is 4.74 Å². The molecule has 0 unspecified atom stereocenters. The molecule has 0 saturated carbocycles. The number of nitrogens with one attached hydrogen (secondary N) is 2. The third-order valence-electron chi connectivity index (χ3n) is 3.15. The van der Waals surface area contributed by atoms with Crippen LogP contribution in [0.3, 0.4) is 0 Å². The fourth-order valence-electron chi connectivity index (χ4n) is 2.12. The van der Waals surface area contributed by atoms with Gasteiger partial charge in [0.05, 0.1) is 23.7 Å². The minimum absolute atomic E-state index is 0.107. The molecule has 1 saturated heterocycles. The number of hydrogen-bond donors (Lipinski definition) is 2. The third kappa shape index (κ3) is 2.54. The molecule has 2 rings (SSSR count). The van der Waals surface area contributed by atoms with Crippen molar-refractivity contribution in [2.24, 2.45) is 0 Å². The third-order valence-corrected chi connectivity index (χ3v) is 3.15. The lowest BCUT2D eigenvalue weighted by molar-refractivity contribution is -0.128. The predicted octanol–water partition coefficient (Wildman–Crippen LogP) is 0.447. The summed E-state index contributed by atoms with van der Waals surface area (Å²) in [6.07, 6.45) is -0.414. The zero-order chi connectivity index (χ0) is 13.1. The summed E-state index contributed by atoms with van der Waals surface area (Å²) in [4.78, 5) is 12.1. The summed E-state index contributed by atoms with van der Waals surface area (Å²) in [7, 11) is 0. The number of carbonyl (C=O) groups is 1. The Labute approximate surface area is 107 Å². The average molecular weight is 252 g/mol. The molecule has 0 bridgehead atoms. The van der Waals surface area contributed by atoms with E-state index in [9.17, 15) is 4.79 Å². The van der Waals surface area contributed by atoms with Crippen molar-refractivity contribution >= 4 is 11.6 Å². The highest BCUT2D eigenvalue weighted by Crippen LogP contribution is 2.19. The molecule has 1 aromatic heterocycles. The van der Waals surface area contributed by atoms with Crippen LogP contribution in [0.4, 0.5) is 5.69 Å². The van der Waals surface area contributed by atoms with Crippen LogP contribution in [-0.4, -0.2) is 41.5 Å². The molecule has 1 aliphatic heterocycles. The lowest BCUT2D eigenvalue weighted by Crippen LogP contribution is -2.45. The van der Waals surface area contributed by atoms with Crippen molar-refractivity contribution in [1.29, 1.82) is 0 Å². The van der Waals surface area contributed by atoms with Crippen molar-refractivity contribution in [3.05, 3.63) is 11.4 Å². The molecule has 0 aromatic carbocycles. The molecule has 1 aliphatic rings. The molecular weight excluding hydrogens is 232 g/mol. The van der Waals surface area contributed by atoms with Crippen LogP contribution in [0.2, 0.25) is 0 Å². The molecule has 2 N–H and O–H groups in total. The smallest absolute Gasteiger partial charge is 0.254 e. The molecule has 2 heterocycles. The molecule has 1 amide bonds. The molecule has 6 nitrogen and oxygen atoms in total. The van der Waals surface area contributed by atoms with Gasteiger partial charge in [0.1, 0.15) is 6.10 Å². The number of rotatable bonds is 3. The van der Waals surface area contributed by atoms with Crippen molar-refractivity contribution in [2.45, 2.75) is 33.4 Å². The Balaban J connectivity index is 2.08. The fourth-order valence-corrected chi connectivity index (χ4v) is 2.12. The van der Waals surface area contributed by atoms with Gasteiger partial charge in [-0.25, -0.2) is 0 Å². The molecular formula is C12H20N4O2. The maximum Gasteiger partial charge on any atom is 0.254 e. The first kappa shape index (κ1) is 13.0. The zero-order valence-electron chi connectivity index (χ0n) is 11.1. The van der Waals surface area contributed by atoms with Crippen molar-refractivity contribution in [1.82, 2.24) is 15.1 Å². The molecule has 1 atom stereocenters.